The number of nitrogens with zero attached hydrogens (tertiary/aromatic N) is 2. The van der Waals surface area contributed by atoms with Crippen molar-refractivity contribution in [3.63, 3.8) is 0 Å². The molecular formula is C11H22N4O. The number of fused-ring (bicyclic) bond motifs is 1. The second-order valence-electron chi connectivity index (χ2n) is 4.71. The predicted molar refractivity (Wildman–Crippen MR) is 63.1 cm³/mol. The third-order valence-corrected chi connectivity index (χ3v) is 3.51. The van der Waals surface area contributed by atoms with Crippen molar-refractivity contribution >= 4 is 5.91 Å². The highest BCUT2D eigenvalue weighted by molar-refractivity contribution is 5.78. The number of rotatable bonds is 4. The average molecular weight is 226 g/mol. The second-order valence-corrected chi connectivity index (χ2v) is 4.71. The van der Waals surface area contributed by atoms with Gasteiger partial charge < -0.3 is 11.1 Å². The highest BCUT2D eigenvalue weighted by Crippen LogP contribution is 2.20. The summed E-state index contributed by atoms with van der Waals surface area (Å²) in [5.41, 5.74) is 5.35. The van der Waals surface area contributed by atoms with Crippen molar-refractivity contribution in [2.45, 2.75) is 18.9 Å². The van der Waals surface area contributed by atoms with Crippen LogP contribution >= 0.6 is 0 Å². The maximum atomic E-state index is 11.5. The van der Waals surface area contributed by atoms with Crippen molar-refractivity contribution in [2.24, 2.45) is 5.73 Å². The summed E-state index contributed by atoms with van der Waals surface area (Å²) >= 11 is 0. The normalized spacial score (nSPS) is 26.7. The van der Waals surface area contributed by atoms with Crippen molar-refractivity contribution in [1.29, 1.82) is 0 Å². The van der Waals surface area contributed by atoms with Gasteiger partial charge in [-0.25, -0.2) is 0 Å². The quantitative estimate of drug-likeness (QED) is 0.635. The van der Waals surface area contributed by atoms with Crippen LogP contribution in [0.4, 0.5) is 0 Å². The highest BCUT2D eigenvalue weighted by atomic mass is 16.2. The zero-order valence-corrected chi connectivity index (χ0v) is 9.82. The van der Waals surface area contributed by atoms with Crippen LogP contribution in [0.5, 0.6) is 0 Å². The van der Waals surface area contributed by atoms with Crippen molar-refractivity contribution < 1.29 is 4.79 Å². The zero-order chi connectivity index (χ0) is 11.4. The van der Waals surface area contributed by atoms with Crippen LogP contribution in [0.25, 0.3) is 0 Å². The predicted octanol–water partition coefficient (Wildman–Crippen LogP) is -1.16. The van der Waals surface area contributed by atoms with Crippen LogP contribution in [0, 0.1) is 0 Å². The van der Waals surface area contributed by atoms with Crippen LogP contribution in [0.3, 0.4) is 0 Å². The Balaban J connectivity index is 1.72. The second kappa shape index (κ2) is 5.61. The van der Waals surface area contributed by atoms with E-state index in [9.17, 15) is 4.79 Å². The SMILES string of the molecule is NCCNC(=O)CN1CCN2CCCC2C1. The standard InChI is InChI=1S/C11H22N4O/c12-3-4-13-11(16)9-14-6-7-15-5-1-2-10(15)8-14/h10H,1-9,12H2,(H,13,16). The van der Waals surface area contributed by atoms with Gasteiger partial charge in [0.05, 0.1) is 6.54 Å². The molecule has 1 atom stereocenters. The minimum absolute atomic E-state index is 0.108. The topological polar surface area (TPSA) is 61.6 Å². The Hall–Kier alpha value is -0.650. The lowest BCUT2D eigenvalue weighted by atomic mass is 10.1. The Bertz CT molecular complexity index is 246. The number of carbonyl (C=O) groups is 1. The summed E-state index contributed by atoms with van der Waals surface area (Å²) in [5, 5.41) is 2.82. The summed E-state index contributed by atoms with van der Waals surface area (Å²) in [7, 11) is 0. The number of nitrogens with one attached hydrogen (secondary N) is 1. The van der Waals surface area contributed by atoms with Gasteiger partial charge in [-0.1, -0.05) is 0 Å². The lowest BCUT2D eigenvalue weighted by Crippen LogP contribution is -2.52. The third-order valence-electron chi connectivity index (χ3n) is 3.51. The van der Waals surface area contributed by atoms with E-state index < -0.39 is 0 Å². The monoisotopic (exact) mass is 226 g/mol. The summed E-state index contributed by atoms with van der Waals surface area (Å²) in [6.45, 7) is 6.07. The molecule has 2 aliphatic heterocycles. The van der Waals surface area contributed by atoms with Crippen molar-refractivity contribution in [3.05, 3.63) is 0 Å². The van der Waals surface area contributed by atoms with E-state index in [-0.39, 0.29) is 5.91 Å². The molecule has 2 rings (SSSR count). The van der Waals surface area contributed by atoms with Crippen molar-refractivity contribution in [3.8, 4) is 0 Å². The largest absolute Gasteiger partial charge is 0.354 e. The number of nitrogens with two attached hydrogens (primary N) is 1. The first-order valence-electron chi connectivity index (χ1n) is 6.23. The Morgan fingerprint density at radius 2 is 2.25 bits per heavy atom. The molecule has 3 N–H and O–H groups in total. The molecule has 2 fully saturated rings. The van der Waals surface area contributed by atoms with E-state index in [4.69, 9.17) is 5.73 Å². The number of hydrogen-bond donors (Lipinski definition) is 2. The van der Waals surface area contributed by atoms with Crippen LogP contribution in [0.15, 0.2) is 0 Å². The Labute approximate surface area is 96.9 Å². The summed E-state index contributed by atoms with van der Waals surface area (Å²) in [4.78, 5) is 16.4. The number of piperazine rings is 1. The van der Waals surface area contributed by atoms with E-state index in [1.54, 1.807) is 0 Å². The van der Waals surface area contributed by atoms with Gasteiger partial charge in [-0.15, -0.1) is 0 Å². The molecule has 1 amide bonds. The van der Waals surface area contributed by atoms with Crippen LogP contribution in [-0.2, 0) is 4.79 Å². The minimum Gasteiger partial charge on any atom is -0.354 e. The Kier molecular flexibility index (Phi) is 4.15. The lowest BCUT2D eigenvalue weighted by molar-refractivity contribution is -0.122. The fraction of sp³-hybridized carbons (Fsp3) is 0.909. The molecule has 2 saturated heterocycles. The molecule has 0 bridgehead atoms. The smallest absolute Gasteiger partial charge is 0.234 e. The molecule has 16 heavy (non-hydrogen) atoms. The molecule has 0 saturated carbocycles. The van der Waals surface area contributed by atoms with Crippen LogP contribution in [0.1, 0.15) is 12.8 Å². The van der Waals surface area contributed by atoms with Crippen LogP contribution in [-0.4, -0.2) is 67.6 Å². The van der Waals surface area contributed by atoms with Gasteiger partial charge in [0.2, 0.25) is 5.91 Å². The van der Waals surface area contributed by atoms with Gasteiger partial charge >= 0.3 is 0 Å². The van der Waals surface area contributed by atoms with E-state index in [1.165, 1.54) is 19.4 Å². The molecular weight excluding hydrogens is 204 g/mol. The lowest BCUT2D eigenvalue weighted by Gasteiger charge is -2.37. The van der Waals surface area contributed by atoms with Crippen molar-refractivity contribution in [1.82, 2.24) is 15.1 Å². The zero-order valence-electron chi connectivity index (χ0n) is 9.82. The minimum atomic E-state index is 0.108. The fourth-order valence-electron chi connectivity index (χ4n) is 2.67. The van der Waals surface area contributed by atoms with Gasteiger partial charge in [0.25, 0.3) is 0 Å². The van der Waals surface area contributed by atoms with Gasteiger partial charge in [0, 0.05) is 38.8 Å². The molecule has 2 aliphatic rings. The van der Waals surface area contributed by atoms with E-state index in [0.717, 1.165) is 19.6 Å². The van der Waals surface area contributed by atoms with E-state index in [0.29, 0.717) is 25.7 Å². The van der Waals surface area contributed by atoms with Gasteiger partial charge in [-0.05, 0) is 19.4 Å². The molecule has 1 unspecified atom stereocenters. The average Bonchev–Trinajstić information content (AvgIpc) is 2.73. The molecule has 5 nitrogen and oxygen atoms in total. The first kappa shape index (κ1) is 11.8. The maximum absolute atomic E-state index is 11.5. The van der Waals surface area contributed by atoms with Gasteiger partial charge in [0.15, 0.2) is 0 Å². The fourth-order valence-corrected chi connectivity index (χ4v) is 2.67. The number of amides is 1. The van der Waals surface area contributed by atoms with Crippen LogP contribution < -0.4 is 11.1 Å². The van der Waals surface area contributed by atoms with E-state index in [1.807, 2.05) is 0 Å². The summed E-state index contributed by atoms with van der Waals surface area (Å²) < 4.78 is 0. The summed E-state index contributed by atoms with van der Waals surface area (Å²) in [6.07, 6.45) is 2.61. The van der Waals surface area contributed by atoms with Crippen LogP contribution in [0.2, 0.25) is 0 Å². The Morgan fingerprint density at radius 1 is 1.38 bits per heavy atom. The number of hydrogen-bond acceptors (Lipinski definition) is 4. The Morgan fingerprint density at radius 3 is 3.06 bits per heavy atom. The first-order valence-corrected chi connectivity index (χ1v) is 6.23. The summed E-state index contributed by atoms with van der Waals surface area (Å²) in [5.74, 6) is 0.108. The van der Waals surface area contributed by atoms with Gasteiger partial charge in [0.1, 0.15) is 0 Å². The third kappa shape index (κ3) is 2.93. The van der Waals surface area contributed by atoms with Gasteiger partial charge in [-0.3, -0.25) is 14.6 Å². The molecule has 0 spiro atoms. The van der Waals surface area contributed by atoms with Crippen molar-refractivity contribution in [2.75, 3.05) is 45.8 Å². The molecule has 2 heterocycles. The molecule has 0 radical (unpaired) electrons. The first-order chi connectivity index (χ1) is 7.79. The maximum Gasteiger partial charge on any atom is 0.234 e. The highest BCUT2D eigenvalue weighted by Gasteiger charge is 2.30. The van der Waals surface area contributed by atoms with E-state index in [2.05, 4.69) is 15.1 Å². The van der Waals surface area contributed by atoms with E-state index >= 15 is 0 Å². The summed E-state index contributed by atoms with van der Waals surface area (Å²) in [6, 6.07) is 0.691. The molecule has 0 aromatic carbocycles. The molecule has 92 valence electrons. The molecule has 0 aromatic rings. The van der Waals surface area contributed by atoms with Gasteiger partial charge in [-0.2, -0.15) is 0 Å². The molecule has 0 aliphatic carbocycles. The number of carbonyl (C=O) groups excluding carboxylic acids is 1. The molecule has 0 aromatic heterocycles. The molecule has 5 heteroatoms.